The Hall–Kier alpha value is -1.94. The number of hydrogen-bond acceptors (Lipinski definition) is 3. The first-order valence-corrected chi connectivity index (χ1v) is 7.54. The van der Waals surface area contributed by atoms with Gasteiger partial charge in [0.15, 0.2) is 0 Å². The van der Waals surface area contributed by atoms with Gasteiger partial charge in [0.25, 0.3) is 0 Å². The van der Waals surface area contributed by atoms with Crippen molar-refractivity contribution in [3.63, 3.8) is 0 Å². The van der Waals surface area contributed by atoms with Crippen LogP contribution in [0, 0.1) is 0 Å². The molecule has 3 rings (SSSR count). The molecule has 0 saturated carbocycles. The summed E-state index contributed by atoms with van der Waals surface area (Å²) >= 11 is 0. The molecule has 1 saturated heterocycles. The Balaban J connectivity index is 1.96. The van der Waals surface area contributed by atoms with Gasteiger partial charge in [-0.15, -0.1) is 0 Å². The third kappa shape index (κ3) is 3.28. The third-order valence-corrected chi connectivity index (χ3v) is 3.98. The molecule has 1 aliphatic rings. The fourth-order valence-electron chi connectivity index (χ4n) is 2.81. The van der Waals surface area contributed by atoms with E-state index in [-0.39, 0.29) is 12.7 Å². The zero-order valence-corrected chi connectivity index (χ0v) is 12.3. The lowest BCUT2D eigenvalue weighted by molar-refractivity contribution is -0.00846. The highest BCUT2D eigenvalue weighted by atomic mass is 16.5. The summed E-state index contributed by atoms with van der Waals surface area (Å²) in [5.41, 5.74) is 3.19. The van der Waals surface area contributed by atoms with Crippen molar-refractivity contribution < 1.29 is 14.9 Å². The largest absolute Gasteiger partial charge is 0.394 e. The van der Waals surface area contributed by atoms with Crippen molar-refractivity contribution in [2.24, 2.45) is 0 Å². The molecule has 0 amide bonds. The molecular formula is C19H20O3. The van der Waals surface area contributed by atoms with Gasteiger partial charge in [0.1, 0.15) is 6.10 Å². The van der Waals surface area contributed by atoms with E-state index in [1.165, 1.54) is 0 Å². The smallest absolute Gasteiger partial charge is 0.107 e. The molecule has 1 unspecified atom stereocenters. The third-order valence-electron chi connectivity index (χ3n) is 3.98. The van der Waals surface area contributed by atoms with Crippen molar-refractivity contribution in [3.05, 3.63) is 71.8 Å². The molecule has 114 valence electrons. The van der Waals surface area contributed by atoms with Crippen molar-refractivity contribution in [1.29, 1.82) is 0 Å². The molecule has 2 aromatic carbocycles. The van der Waals surface area contributed by atoms with Crippen LogP contribution in [0.1, 0.15) is 17.5 Å². The number of aliphatic hydroxyl groups is 2. The molecule has 0 radical (unpaired) electrons. The fourth-order valence-corrected chi connectivity index (χ4v) is 2.81. The maximum absolute atomic E-state index is 10.0. The van der Waals surface area contributed by atoms with E-state index in [0.29, 0.717) is 6.42 Å². The Morgan fingerprint density at radius 1 is 1.05 bits per heavy atom. The molecule has 0 bridgehead atoms. The summed E-state index contributed by atoms with van der Waals surface area (Å²) in [5.74, 6) is 0. The molecule has 3 nitrogen and oxygen atoms in total. The number of aliphatic hydroxyl groups excluding tert-OH is 2. The van der Waals surface area contributed by atoms with E-state index in [9.17, 15) is 10.2 Å². The maximum atomic E-state index is 10.0. The summed E-state index contributed by atoms with van der Waals surface area (Å²) < 4.78 is 5.84. The first-order valence-electron chi connectivity index (χ1n) is 7.54. The Morgan fingerprint density at radius 2 is 1.68 bits per heavy atom. The first kappa shape index (κ1) is 15.0. The Bertz CT molecular complexity index is 622. The van der Waals surface area contributed by atoms with Crippen LogP contribution in [0.25, 0.3) is 11.6 Å². The van der Waals surface area contributed by atoms with E-state index < -0.39 is 12.2 Å². The minimum Gasteiger partial charge on any atom is -0.394 e. The lowest BCUT2D eigenvalue weighted by Gasteiger charge is -2.16. The quantitative estimate of drug-likeness (QED) is 0.853. The Labute approximate surface area is 130 Å². The highest BCUT2D eigenvalue weighted by Crippen LogP contribution is 2.32. The molecule has 0 aliphatic carbocycles. The summed E-state index contributed by atoms with van der Waals surface area (Å²) in [6.45, 7) is -0.162. The van der Waals surface area contributed by atoms with E-state index in [0.717, 1.165) is 16.7 Å². The number of benzene rings is 2. The van der Waals surface area contributed by atoms with Gasteiger partial charge in [-0.25, -0.2) is 0 Å². The van der Waals surface area contributed by atoms with Crippen molar-refractivity contribution in [3.8, 4) is 0 Å². The van der Waals surface area contributed by atoms with Gasteiger partial charge < -0.3 is 14.9 Å². The van der Waals surface area contributed by atoms with Gasteiger partial charge in [0.2, 0.25) is 0 Å². The monoisotopic (exact) mass is 296 g/mol. The van der Waals surface area contributed by atoms with Gasteiger partial charge in [-0.3, -0.25) is 0 Å². The van der Waals surface area contributed by atoms with Gasteiger partial charge in [0, 0.05) is 6.42 Å². The number of rotatable bonds is 4. The minimum absolute atomic E-state index is 0.162. The van der Waals surface area contributed by atoms with Crippen molar-refractivity contribution in [2.75, 3.05) is 6.61 Å². The average molecular weight is 296 g/mol. The molecule has 0 aromatic heterocycles. The number of ether oxygens (including phenoxy) is 1. The fraction of sp³-hybridized carbons (Fsp3) is 0.263. The molecule has 1 fully saturated rings. The molecule has 1 heterocycles. The zero-order valence-electron chi connectivity index (χ0n) is 12.3. The van der Waals surface area contributed by atoms with Crippen LogP contribution in [-0.4, -0.2) is 35.1 Å². The molecule has 1 aliphatic heterocycles. The topological polar surface area (TPSA) is 49.7 Å². The van der Waals surface area contributed by atoms with E-state index in [4.69, 9.17) is 4.74 Å². The van der Waals surface area contributed by atoms with Crippen LogP contribution in [0.2, 0.25) is 0 Å². The normalized spacial score (nSPS) is 25.4. The highest BCUT2D eigenvalue weighted by Gasteiger charge is 2.35. The average Bonchev–Trinajstić information content (AvgIpc) is 2.95. The molecule has 22 heavy (non-hydrogen) atoms. The van der Waals surface area contributed by atoms with E-state index >= 15 is 0 Å². The summed E-state index contributed by atoms with van der Waals surface area (Å²) in [7, 11) is 0. The molecular weight excluding hydrogens is 276 g/mol. The van der Waals surface area contributed by atoms with Crippen LogP contribution in [0.3, 0.4) is 0 Å². The van der Waals surface area contributed by atoms with Crippen LogP contribution >= 0.6 is 0 Å². The standard InChI is InChI=1S/C19H20O3/c20-13-19-17(21)12-18(22-19)16(15-9-5-2-6-10-15)11-14-7-3-1-4-8-14/h1-11,17-21H,12-13H2/t17-,18?,19+/m0/s1. The lowest BCUT2D eigenvalue weighted by atomic mass is 9.95. The molecule has 3 atom stereocenters. The second kappa shape index (κ2) is 6.88. The van der Waals surface area contributed by atoms with Crippen molar-refractivity contribution in [1.82, 2.24) is 0 Å². The van der Waals surface area contributed by atoms with Gasteiger partial charge >= 0.3 is 0 Å². The number of hydrogen-bond donors (Lipinski definition) is 2. The van der Waals surface area contributed by atoms with Gasteiger partial charge in [0.05, 0.1) is 18.8 Å². The SMILES string of the molecule is OC[C@H]1OC(C(=Cc2ccccc2)c2ccccc2)C[C@@H]1O. The second-order valence-corrected chi connectivity index (χ2v) is 5.53. The lowest BCUT2D eigenvalue weighted by Crippen LogP contribution is -2.24. The van der Waals surface area contributed by atoms with E-state index in [2.05, 4.69) is 6.08 Å². The van der Waals surface area contributed by atoms with Crippen LogP contribution < -0.4 is 0 Å². The zero-order chi connectivity index (χ0) is 15.4. The van der Waals surface area contributed by atoms with Gasteiger partial charge in [-0.2, -0.15) is 0 Å². The van der Waals surface area contributed by atoms with Crippen LogP contribution in [0.4, 0.5) is 0 Å². The summed E-state index contributed by atoms with van der Waals surface area (Å²) in [6.07, 6.45) is 1.24. The predicted octanol–water partition coefficient (Wildman–Crippen LogP) is 2.74. The summed E-state index contributed by atoms with van der Waals surface area (Å²) in [6, 6.07) is 20.1. The minimum atomic E-state index is -0.627. The van der Waals surface area contributed by atoms with Gasteiger partial charge in [-0.1, -0.05) is 60.7 Å². The second-order valence-electron chi connectivity index (χ2n) is 5.53. The summed E-state index contributed by atoms with van der Waals surface area (Å²) in [4.78, 5) is 0. The van der Waals surface area contributed by atoms with E-state index in [1.54, 1.807) is 0 Å². The molecule has 2 N–H and O–H groups in total. The van der Waals surface area contributed by atoms with Crippen molar-refractivity contribution >= 4 is 11.6 Å². The predicted molar refractivity (Wildman–Crippen MR) is 87.1 cm³/mol. The Morgan fingerprint density at radius 3 is 2.27 bits per heavy atom. The summed E-state index contributed by atoms with van der Waals surface area (Å²) in [5, 5.41) is 19.3. The van der Waals surface area contributed by atoms with E-state index in [1.807, 2.05) is 60.7 Å². The highest BCUT2D eigenvalue weighted by molar-refractivity contribution is 5.84. The van der Waals surface area contributed by atoms with Crippen LogP contribution in [-0.2, 0) is 4.74 Å². The van der Waals surface area contributed by atoms with Crippen LogP contribution in [0.5, 0.6) is 0 Å². The van der Waals surface area contributed by atoms with Crippen LogP contribution in [0.15, 0.2) is 60.7 Å². The first-order chi connectivity index (χ1) is 10.8. The maximum Gasteiger partial charge on any atom is 0.107 e. The van der Waals surface area contributed by atoms with Gasteiger partial charge in [-0.05, 0) is 22.8 Å². The molecule has 3 heteroatoms. The molecule has 2 aromatic rings. The molecule has 0 spiro atoms. The Kier molecular flexibility index (Phi) is 4.68. The van der Waals surface area contributed by atoms with Crippen molar-refractivity contribution in [2.45, 2.75) is 24.7 Å².